The molecular formula is C19H23NO2. The fourth-order valence-corrected chi connectivity index (χ4v) is 3.06. The molecule has 2 aliphatic carbocycles. The smallest absolute Gasteiger partial charge is 0.310 e. The number of hydrogen-bond acceptors (Lipinski definition) is 2. The first kappa shape index (κ1) is 16.3. The fourth-order valence-electron chi connectivity index (χ4n) is 3.06. The van der Waals surface area contributed by atoms with Crippen molar-refractivity contribution in [2.75, 3.05) is 0 Å². The van der Waals surface area contributed by atoms with Gasteiger partial charge in [0.05, 0.1) is 12.0 Å². The Hall–Kier alpha value is -2.08. The lowest BCUT2D eigenvalue weighted by molar-refractivity contribution is -0.140. The quantitative estimate of drug-likeness (QED) is 0.701. The molecule has 2 atom stereocenters. The molecule has 3 heteroatoms. The molecule has 22 heavy (non-hydrogen) atoms. The van der Waals surface area contributed by atoms with Gasteiger partial charge in [0.2, 0.25) is 0 Å². The largest absolute Gasteiger partial charge is 0.481 e. The fraction of sp³-hybridized carbons (Fsp3) is 0.474. The summed E-state index contributed by atoms with van der Waals surface area (Å²) < 4.78 is 0. The van der Waals surface area contributed by atoms with Gasteiger partial charge in [-0.3, -0.25) is 4.79 Å². The highest BCUT2D eigenvalue weighted by molar-refractivity contribution is 5.75. The SMILES string of the molecule is CC12C=CC(C(CCCCCC#N)C(=O)O)=CC1=CC=CC2. The minimum Gasteiger partial charge on any atom is -0.481 e. The lowest BCUT2D eigenvalue weighted by Crippen LogP contribution is -2.23. The minimum absolute atomic E-state index is 0.00803. The first-order chi connectivity index (χ1) is 10.6. The maximum Gasteiger partial charge on any atom is 0.310 e. The summed E-state index contributed by atoms with van der Waals surface area (Å²) >= 11 is 0. The highest BCUT2D eigenvalue weighted by Gasteiger charge is 2.30. The van der Waals surface area contributed by atoms with Crippen LogP contribution < -0.4 is 0 Å². The second-order valence-corrected chi connectivity index (χ2v) is 6.30. The molecule has 2 rings (SSSR count). The summed E-state index contributed by atoms with van der Waals surface area (Å²) in [5.41, 5.74) is 2.10. The third-order valence-corrected chi connectivity index (χ3v) is 4.56. The molecule has 0 saturated carbocycles. The highest BCUT2D eigenvalue weighted by Crippen LogP contribution is 2.41. The number of carboxylic acids is 1. The number of aliphatic carboxylic acids is 1. The average molecular weight is 297 g/mol. The van der Waals surface area contributed by atoms with Gasteiger partial charge in [0.1, 0.15) is 0 Å². The van der Waals surface area contributed by atoms with Gasteiger partial charge in [-0.2, -0.15) is 5.26 Å². The summed E-state index contributed by atoms with van der Waals surface area (Å²) in [7, 11) is 0. The number of carbonyl (C=O) groups is 1. The molecule has 0 aliphatic heterocycles. The molecule has 1 N–H and O–H groups in total. The van der Waals surface area contributed by atoms with Crippen LogP contribution >= 0.6 is 0 Å². The Labute approximate surface area is 132 Å². The third kappa shape index (κ3) is 3.76. The molecule has 0 aromatic heterocycles. The van der Waals surface area contributed by atoms with Crippen LogP contribution in [-0.4, -0.2) is 11.1 Å². The van der Waals surface area contributed by atoms with Gasteiger partial charge >= 0.3 is 5.97 Å². The van der Waals surface area contributed by atoms with Gasteiger partial charge in [0.15, 0.2) is 0 Å². The van der Waals surface area contributed by atoms with Gasteiger partial charge in [-0.15, -0.1) is 0 Å². The normalized spacial score (nSPS) is 24.0. The number of allylic oxidation sites excluding steroid dienone is 7. The van der Waals surface area contributed by atoms with Crippen LogP contribution in [0.15, 0.2) is 47.6 Å². The van der Waals surface area contributed by atoms with Crippen molar-refractivity contribution in [2.45, 2.75) is 45.4 Å². The predicted octanol–water partition coefficient (Wildman–Crippen LogP) is 4.55. The van der Waals surface area contributed by atoms with E-state index in [0.717, 1.165) is 31.3 Å². The Morgan fingerprint density at radius 3 is 3.00 bits per heavy atom. The van der Waals surface area contributed by atoms with Crippen molar-refractivity contribution in [3.05, 3.63) is 47.6 Å². The zero-order chi connectivity index (χ0) is 16.0. The van der Waals surface area contributed by atoms with Crippen molar-refractivity contribution < 1.29 is 9.90 Å². The van der Waals surface area contributed by atoms with E-state index in [-0.39, 0.29) is 5.41 Å². The molecule has 0 aromatic rings. The van der Waals surface area contributed by atoms with E-state index in [1.165, 1.54) is 5.57 Å². The minimum atomic E-state index is -0.758. The molecule has 0 radical (unpaired) electrons. The molecule has 0 saturated heterocycles. The average Bonchev–Trinajstić information content (AvgIpc) is 2.50. The summed E-state index contributed by atoms with van der Waals surface area (Å²) in [5.74, 6) is -1.21. The van der Waals surface area contributed by atoms with Crippen LogP contribution in [0.25, 0.3) is 0 Å². The number of fused-ring (bicyclic) bond motifs is 1. The molecule has 116 valence electrons. The Morgan fingerprint density at radius 2 is 2.27 bits per heavy atom. The van der Waals surface area contributed by atoms with Crippen LogP contribution in [0.2, 0.25) is 0 Å². The summed E-state index contributed by atoms with van der Waals surface area (Å²) in [6, 6.07) is 2.12. The standard InChI is InChI=1S/C19H23NO2/c1-19-11-6-5-8-16(19)14-15(10-12-19)17(18(21)22)9-4-2-3-7-13-20/h5-6,8,10,12,14,17H,2-4,7,9,11H2,1H3,(H,21,22). The van der Waals surface area contributed by atoms with Gasteiger partial charge in [-0.1, -0.05) is 56.2 Å². The first-order valence-corrected chi connectivity index (χ1v) is 7.95. The van der Waals surface area contributed by atoms with E-state index < -0.39 is 11.9 Å². The molecule has 0 heterocycles. The van der Waals surface area contributed by atoms with Gasteiger partial charge in [-0.05, 0) is 30.4 Å². The monoisotopic (exact) mass is 297 g/mol. The van der Waals surface area contributed by atoms with Gasteiger partial charge in [0, 0.05) is 11.8 Å². The Kier molecular flexibility index (Phi) is 5.38. The van der Waals surface area contributed by atoms with Crippen molar-refractivity contribution >= 4 is 5.97 Å². The topological polar surface area (TPSA) is 61.1 Å². The van der Waals surface area contributed by atoms with Crippen LogP contribution in [-0.2, 0) is 4.79 Å². The Bertz CT molecular complexity index is 589. The maximum atomic E-state index is 11.6. The summed E-state index contributed by atoms with van der Waals surface area (Å²) in [6.45, 7) is 2.18. The molecular weight excluding hydrogens is 274 g/mol. The van der Waals surface area contributed by atoms with Crippen molar-refractivity contribution in [3.8, 4) is 6.07 Å². The number of hydrogen-bond donors (Lipinski definition) is 1. The maximum absolute atomic E-state index is 11.6. The van der Waals surface area contributed by atoms with Gasteiger partial charge in [0.25, 0.3) is 0 Å². The zero-order valence-electron chi connectivity index (χ0n) is 13.1. The second-order valence-electron chi connectivity index (χ2n) is 6.30. The van der Waals surface area contributed by atoms with Crippen molar-refractivity contribution in [1.29, 1.82) is 5.26 Å². The van der Waals surface area contributed by atoms with Crippen LogP contribution in [0, 0.1) is 22.7 Å². The van der Waals surface area contributed by atoms with E-state index in [9.17, 15) is 9.90 Å². The van der Waals surface area contributed by atoms with Crippen LogP contribution in [0.5, 0.6) is 0 Å². The number of nitrogens with zero attached hydrogens (tertiary/aromatic N) is 1. The number of unbranched alkanes of at least 4 members (excludes halogenated alkanes) is 3. The van der Waals surface area contributed by atoms with E-state index in [2.05, 4.69) is 37.3 Å². The molecule has 2 aliphatic rings. The molecule has 0 aromatic carbocycles. The molecule has 2 unspecified atom stereocenters. The molecule has 0 fully saturated rings. The van der Waals surface area contributed by atoms with Crippen LogP contribution in [0.1, 0.15) is 45.4 Å². The van der Waals surface area contributed by atoms with Crippen LogP contribution in [0.3, 0.4) is 0 Å². The summed E-state index contributed by atoms with van der Waals surface area (Å²) in [6.07, 6.45) is 17.2. The molecule has 3 nitrogen and oxygen atoms in total. The van der Waals surface area contributed by atoms with Crippen molar-refractivity contribution in [2.24, 2.45) is 11.3 Å². The van der Waals surface area contributed by atoms with Gasteiger partial charge < -0.3 is 5.11 Å². The Morgan fingerprint density at radius 1 is 1.45 bits per heavy atom. The lowest BCUT2D eigenvalue weighted by atomic mass is 9.71. The van der Waals surface area contributed by atoms with E-state index in [1.54, 1.807) is 0 Å². The summed E-state index contributed by atoms with van der Waals surface area (Å²) in [4.78, 5) is 11.6. The van der Waals surface area contributed by atoms with Gasteiger partial charge in [-0.25, -0.2) is 0 Å². The third-order valence-electron chi connectivity index (χ3n) is 4.56. The first-order valence-electron chi connectivity index (χ1n) is 7.95. The lowest BCUT2D eigenvalue weighted by Gasteiger charge is -2.33. The zero-order valence-corrected chi connectivity index (χ0v) is 13.1. The van der Waals surface area contributed by atoms with Crippen molar-refractivity contribution in [3.63, 3.8) is 0 Å². The van der Waals surface area contributed by atoms with Crippen molar-refractivity contribution in [1.82, 2.24) is 0 Å². The van der Waals surface area contributed by atoms with E-state index in [1.807, 2.05) is 12.2 Å². The molecule has 0 spiro atoms. The van der Waals surface area contributed by atoms with E-state index in [0.29, 0.717) is 12.8 Å². The van der Waals surface area contributed by atoms with Crippen LogP contribution in [0.4, 0.5) is 0 Å². The molecule has 0 bridgehead atoms. The summed E-state index contributed by atoms with van der Waals surface area (Å²) in [5, 5.41) is 18.1. The van der Waals surface area contributed by atoms with E-state index in [4.69, 9.17) is 5.26 Å². The number of nitriles is 1. The van der Waals surface area contributed by atoms with E-state index >= 15 is 0 Å². The molecule has 0 amide bonds. The number of rotatable bonds is 7. The Balaban J connectivity index is 2.05. The second kappa shape index (κ2) is 7.26. The predicted molar refractivity (Wildman–Crippen MR) is 87.0 cm³/mol. The number of carboxylic acid groups (broad SMARTS) is 1. The highest BCUT2D eigenvalue weighted by atomic mass is 16.4.